The third kappa shape index (κ3) is 5.51. The zero-order chi connectivity index (χ0) is 15.3. The van der Waals surface area contributed by atoms with Crippen molar-refractivity contribution in [1.29, 1.82) is 0 Å². The molecule has 1 saturated heterocycles. The lowest BCUT2D eigenvalue weighted by Crippen LogP contribution is -2.51. The van der Waals surface area contributed by atoms with Crippen LogP contribution in [0.2, 0.25) is 0 Å². The Bertz CT molecular complexity index is 308. The van der Waals surface area contributed by atoms with Gasteiger partial charge in [0.05, 0.1) is 6.61 Å². The Kier molecular flexibility index (Phi) is 6.48. The first-order chi connectivity index (χ1) is 10.1. The van der Waals surface area contributed by atoms with Crippen LogP contribution in [0.3, 0.4) is 0 Å². The second-order valence-electron chi connectivity index (χ2n) is 7.37. The van der Waals surface area contributed by atoms with Crippen molar-refractivity contribution in [1.82, 2.24) is 15.1 Å². The molecule has 0 aromatic carbocycles. The predicted octanol–water partition coefficient (Wildman–Crippen LogP) is 1.69. The highest BCUT2D eigenvalue weighted by molar-refractivity contribution is 4.92. The summed E-state index contributed by atoms with van der Waals surface area (Å²) in [6, 6.07) is 1.37. The molecule has 21 heavy (non-hydrogen) atoms. The Balaban J connectivity index is 1.60. The van der Waals surface area contributed by atoms with Gasteiger partial charge in [-0.2, -0.15) is 0 Å². The lowest BCUT2D eigenvalue weighted by atomic mass is 9.95. The molecule has 1 aliphatic carbocycles. The highest BCUT2D eigenvalue weighted by atomic mass is 16.3. The van der Waals surface area contributed by atoms with Gasteiger partial charge in [0.15, 0.2) is 0 Å². The van der Waals surface area contributed by atoms with E-state index in [1.807, 2.05) is 0 Å². The Morgan fingerprint density at radius 2 is 2.00 bits per heavy atom. The van der Waals surface area contributed by atoms with E-state index in [0.29, 0.717) is 12.1 Å². The molecule has 1 heterocycles. The van der Waals surface area contributed by atoms with Crippen molar-refractivity contribution in [2.45, 2.75) is 70.5 Å². The van der Waals surface area contributed by atoms with Gasteiger partial charge in [0, 0.05) is 37.3 Å². The number of likely N-dealkylation sites (N-methyl/N-ethyl adjacent to an activating group) is 1. The molecule has 1 saturated carbocycles. The number of unbranched alkanes of at least 4 members (excludes halogenated alkanes) is 1. The molecule has 2 N–H and O–H groups in total. The molecule has 4 heteroatoms. The van der Waals surface area contributed by atoms with E-state index in [2.05, 4.69) is 35.9 Å². The lowest BCUT2D eigenvalue weighted by Gasteiger charge is -2.39. The minimum absolute atomic E-state index is 0.0602. The number of nitrogens with zero attached hydrogens (tertiary/aromatic N) is 2. The van der Waals surface area contributed by atoms with Gasteiger partial charge in [0.1, 0.15) is 0 Å². The van der Waals surface area contributed by atoms with E-state index in [1.54, 1.807) is 0 Å². The van der Waals surface area contributed by atoms with Crippen molar-refractivity contribution in [3.63, 3.8) is 0 Å². The maximum absolute atomic E-state index is 9.62. The van der Waals surface area contributed by atoms with E-state index >= 15 is 0 Å². The molecule has 4 nitrogen and oxygen atoms in total. The standard InChI is InChI=1S/C17H35N3O/c1-4-20-12-11-19(13-15(20)2)10-6-5-9-17(3,14-21)18-16-7-8-16/h15-16,18,21H,4-14H2,1-3H3. The molecule has 0 amide bonds. The number of aliphatic hydroxyl groups excluding tert-OH is 1. The van der Waals surface area contributed by atoms with E-state index in [9.17, 15) is 5.11 Å². The molecule has 124 valence electrons. The van der Waals surface area contributed by atoms with Crippen LogP contribution in [-0.2, 0) is 0 Å². The van der Waals surface area contributed by atoms with Crippen molar-refractivity contribution in [3.8, 4) is 0 Å². The highest BCUT2D eigenvalue weighted by Crippen LogP contribution is 2.25. The van der Waals surface area contributed by atoms with Gasteiger partial charge in [-0.15, -0.1) is 0 Å². The molecular formula is C17H35N3O. The van der Waals surface area contributed by atoms with Crippen molar-refractivity contribution in [3.05, 3.63) is 0 Å². The topological polar surface area (TPSA) is 38.7 Å². The predicted molar refractivity (Wildman–Crippen MR) is 88.6 cm³/mol. The molecular weight excluding hydrogens is 262 g/mol. The smallest absolute Gasteiger partial charge is 0.0610 e. The largest absolute Gasteiger partial charge is 0.394 e. The van der Waals surface area contributed by atoms with Crippen LogP contribution in [0.4, 0.5) is 0 Å². The van der Waals surface area contributed by atoms with Crippen molar-refractivity contribution >= 4 is 0 Å². The summed E-state index contributed by atoms with van der Waals surface area (Å²) in [6.07, 6.45) is 6.12. The molecule has 0 aromatic heterocycles. The fraction of sp³-hybridized carbons (Fsp3) is 1.00. The molecule has 0 radical (unpaired) electrons. The monoisotopic (exact) mass is 297 g/mol. The van der Waals surface area contributed by atoms with Crippen LogP contribution in [0.15, 0.2) is 0 Å². The van der Waals surface area contributed by atoms with Crippen LogP contribution in [0.1, 0.15) is 52.9 Å². The summed E-state index contributed by atoms with van der Waals surface area (Å²) in [5.41, 5.74) is -0.0602. The summed E-state index contributed by atoms with van der Waals surface area (Å²) in [5, 5.41) is 13.2. The summed E-state index contributed by atoms with van der Waals surface area (Å²) < 4.78 is 0. The van der Waals surface area contributed by atoms with E-state index in [-0.39, 0.29) is 12.1 Å². The Morgan fingerprint density at radius 1 is 1.24 bits per heavy atom. The highest BCUT2D eigenvalue weighted by Gasteiger charge is 2.31. The third-order valence-corrected chi connectivity index (χ3v) is 5.19. The molecule has 2 atom stereocenters. The SMILES string of the molecule is CCN1CCN(CCCCC(C)(CO)NC2CC2)CC1C. The van der Waals surface area contributed by atoms with Gasteiger partial charge in [-0.1, -0.05) is 13.3 Å². The van der Waals surface area contributed by atoms with Crippen LogP contribution in [-0.4, -0.2) is 71.9 Å². The Hall–Kier alpha value is -0.160. The van der Waals surface area contributed by atoms with Gasteiger partial charge in [0.2, 0.25) is 0 Å². The Morgan fingerprint density at radius 3 is 2.57 bits per heavy atom. The van der Waals surface area contributed by atoms with Crippen LogP contribution in [0, 0.1) is 0 Å². The van der Waals surface area contributed by atoms with Gasteiger partial charge in [-0.3, -0.25) is 4.90 Å². The quantitative estimate of drug-likeness (QED) is 0.635. The number of piperazine rings is 1. The van der Waals surface area contributed by atoms with Gasteiger partial charge in [-0.25, -0.2) is 0 Å². The fourth-order valence-electron chi connectivity index (χ4n) is 3.51. The van der Waals surface area contributed by atoms with E-state index in [4.69, 9.17) is 0 Å². The molecule has 2 rings (SSSR count). The minimum atomic E-state index is -0.0602. The average molecular weight is 297 g/mol. The van der Waals surface area contributed by atoms with Crippen LogP contribution >= 0.6 is 0 Å². The molecule has 2 aliphatic rings. The van der Waals surface area contributed by atoms with Crippen LogP contribution < -0.4 is 5.32 Å². The van der Waals surface area contributed by atoms with Crippen molar-refractivity contribution < 1.29 is 5.11 Å². The van der Waals surface area contributed by atoms with Crippen LogP contribution in [0.5, 0.6) is 0 Å². The van der Waals surface area contributed by atoms with E-state index in [1.165, 1.54) is 58.4 Å². The second kappa shape index (κ2) is 7.91. The van der Waals surface area contributed by atoms with Crippen molar-refractivity contribution in [2.24, 2.45) is 0 Å². The molecule has 0 aromatic rings. The molecule has 2 fully saturated rings. The summed E-state index contributed by atoms with van der Waals surface area (Å²) in [6.45, 7) is 13.1. The zero-order valence-corrected chi connectivity index (χ0v) is 14.3. The summed E-state index contributed by atoms with van der Waals surface area (Å²) in [4.78, 5) is 5.18. The maximum atomic E-state index is 9.62. The first-order valence-corrected chi connectivity index (χ1v) is 8.91. The van der Waals surface area contributed by atoms with Crippen molar-refractivity contribution in [2.75, 3.05) is 39.3 Å². The van der Waals surface area contributed by atoms with Crippen LogP contribution in [0.25, 0.3) is 0 Å². The first kappa shape index (κ1) is 17.2. The number of aliphatic hydroxyl groups is 1. The normalized spacial score (nSPS) is 27.7. The summed E-state index contributed by atoms with van der Waals surface area (Å²) >= 11 is 0. The van der Waals surface area contributed by atoms with Gasteiger partial charge in [-0.05, 0) is 52.6 Å². The average Bonchev–Trinajstić information content (AvgIpc) is 3.27. The van der Waals surface area contributed by atoms with E-state index in [0.717, 1.165) is 6.42 Å². The number of rotatable bonds is 9. The third-order valence-electron chi connectivity index (χ3n) is 5.19. The molecule has 0 bridgehead atoms. The fourth-order valence-corrected chi connectivity index (χ4v) is 3.51. The minimum Gasteiger partial charge on any atom is -0.394 e. The van der Waals surface area contributed by atoms with E-state index < -0.39 is 0 Å². The second-order valence-corrected chi connectivity index (χ2v) is 7.37. The zero-order valence-electron chi connectivity index (χ0n) is 14.3. The van der Waals surface area contributed by atoms with Gasteiger partial charge >= 0.3 is 0 Å². The number of hydrogen-bond donors (Lipinski definition) is 2. The van der Waals surface area contributed by atoms with Gasteiger partial charge in [0.25, 0.3) is 0 Å². The molecule has 2 unspecified atom stereocenters. The van der Waals surface area contributed by atoms with Gasteiger partial charge < -0.3 is 15.3 Å². The first-order valence-electron chi connectivity index (χ1n) is 8.91. The number of hydrogen-bond acceptors (Lipinski definition) is 4. The summed E-state index contributed by atoms with van der Waals surface area (Å²) in [5.74, 6) is 0. The lowest BCUT2D eigenvalue weighted by molar-refractivity contribution is 0.0856. The Labute approximate surface area is 130 Å². The maximum Gasteiger partial charge on any atom is 0.0610 e. The molecule has 1 aliphatic heterocycles. The molecule has 0 spiro atoms. The number of nitrogens with one attached hydrogen (secondary N) is 1. The summed E-state index contributed by atoms with van der Waals surface area (Å²) in [7, 11) is 0.